The second-order valence-electron chi connectivity index (χ2n) is 3.14. The number of nitro benzene ring substituents is 1. The molecule has 0 aliphatic carbocycles. The van der Waals surface area contributed by atoms with Crippen molar-refractivity contribution in [1.29, 1.82) is 0 Å². The summed E-state index contributed by atoms with van der Waals surface area (Å²) < 4.78 is 4.82. The molecule has 16 heavy (non-hydrogen) atoms. The fourth-order valence-electron chi connectivity index (χ4n) is 1.47. The Labute approximate surface area is 94.0 Å². The molecule has 0 bridgehead atoms. The standard InChI is InChI=1S/C10H12BNO4/c1-2-16-10(13)9-7(6-11)4-3-5-8(9)12(14)15/h3-5H,2,6,11H2,1H3. The number of hydrogen-bond donors (Lipinski definition) is 0. The Morgan fingerprint density at radius 3 is 2.75 bits per heavy atom. The van der Waals surface area contributed by atoms with Gasteiger partial charge in [0.2, 0.25) is 0 Å². The average Bonchev–Trinajstić information content (AvgIpc) is 2.28. The van der Waals surface area contributed by atoms with Crippen LogP contribution < -0.4 is 0 Å². The third kappa shape index (κ3) is 2.39. The van der Waals surface area contributed by atoms with Crippen LogP contribution in [0.2, 0.25) is 0 Å². The van der Waals surface area contributed by atoms with Crippen LogP contribution in [-0.2, 0) is 11.1 Å². The van der Waals surface area contributed by atoms with Crippen molar-refractivity contribution in [3.8, 4) is 0 Å². The number of rotatable bonds is 4. The Hall–Kier alpha value is -1.85. The topological polar surface area (TPSA) is 69.4 Å². The van der Waals surface area contributed by atoms with Gasteiger partial charge in [0.05, 0.1) is 11.5 Å². The largest absolute Gasteiger partial charge is 0.462 e. The SMILES string of the molecule is BCc1cccc([N+](=O)[O-])c1C(=O)OCC. The summed E-state index contributed by atoms with van der Waals surface area (Å²) >= 11 is 0. The molecule has 0 unspecified atom stereocenters. The predicted octanol–water partition coefficient (Wildman–Crippen LogP) is 0.905. The van der Waals surface area contributed by atoms with E-state index in [0.717, 1.165) is 0 Å². The summed E-state index contributed by atoms with van der Waals surface area (Å²) in [4.78, 5) is 21.9. The summed E-state index contributed by atoms with van der Waals surface area (Å²) in [5.74, 6) is -0.633. The fourth-order valence-corrected chi connectivity index (χ4v) is 1.47. The van der Waals surface area contributed by atoms with Gasteiger partial charge in [-0.25, -0.2) is 4.79 Å². The molecule has 0 heterocycles. The lowest BCUT2D eigenvalue weighted by atomic mass is 9.92. The lowest BCUT2D eigenvalue weighted by Crippen LogP contribution is -2.11. The molecule has 0 aromatic heterocycles. The van der Waals surface area contributed by atoms with Gasteiger partial charge < -0.3 is 4.74 Å². The van der Waals surface area contributed by atoms with Gasteiger partial charge in [-0.1, -0.05) is 18.5 Å². The molecular formula is C10H12BNO4. The van der Waals surface area contributed by atoms with Gasteiger partial charge in [-0.3, -0.25) is 10.1 Å². The van der Waals surface area contributed by atoms with Crippen molar-refractivity contribution >= 4 is 19.5 Å². The maximum atomic E-state index is 11.6. The Morgan fingerprint density at radius 1 is 1.56 bits per heavy atom. The van der Waals surface area contributed by atoms with E-state index in [-0.39, 0.29) is 17.9 Å². The summed E-state index contributed by atoms with van der Waals surface area (Å²) in [7, 11) is 1.84. The van der Waals surface area contributed by atoms with Gasteiger partial charge >= 0.3 is 5.97 Å². The maximum absolute atomic E-state index is 11.6. The van der Waals surface area contributed by atoms with E-state index in [9.17, 15) is 14.9 Å². The number of ether oxygens (including phenoxy) is 1. The monoisotopic (exact) mass is 221 g/mol. The molecule has 0 spiro atoms. The van der Waals surface area contributed by atoms with Gasteiger partial charge in [0.1, 0.15) is 13.4 Å². The highest BCUT2D eigenvalue weighted by Crippen LogP contribution is 2.23. The fraction of sp³-hybridized carbons (Fsp3) is 0.300. The highest BCUT2D eigenvalue weighted by Gasteiger charge is 2.23. The van der Waals surface area contributed by atoms with Crippen molar-refractivity contribution in [2.75, 3.05) is 6.61 Å². The molecule has 0 aliphatic rings. The molecule has 0 saturated heterocycles. The molecule has 1 rings (SSSR count). The zero-order valence-corrected chi connectivity index (χ0v) is 9.23. The predicted molar refractivity (Wildman–Crippen MR) is 61.3 cm³/mol. The van der Waals surface area contributed by atoms with E-state index in [0.29, 0.717) is 11.9 Å². The van der Waals surface area contributed by atoms with Gasteiger partial charge in [-0.2, -0.15) is 0 Å². The molecular weight excluding hydrogens is 209 g/mol. The molecule has 1 aromatic rings. The van der Waals surface area contributed by atoms with E-state index < -0.39 is 10.9 Å². The Morgan fingerprint density at radius 2 is 2.25 bits per heavy atom. The van der Waals surface area contributed by atoms with Crippen molar-refractivity contribution in [1.82, 2.24) is 0 Å². The van der Waals surface area contributed by atoms with Gasteiger partial charge in [0.15, 0.2) is 0 Å². The van der Waals surface area contributed by atoms with E-state index in [4.69, 9.17) is 4.74 Å². The minimum atomic E-state index is -0.633. The van der Waals surface area contributed by atoms with Crippen molar-refractivity contribution < 1.29 is 14.5 Å². The molecule has 6 heteroatoms. The van der Waals surface area contributed by atoms with Crippen molar-refractivity contribution in [2.45, 2.75) is 13.2 Å². The number of nitro groups is 1. The van der Waals surface area contributed by atoms with Gasteiger partial charge in [-0.05, 0) is 12.5 Å². The first-order valence-corrected chi connectivity index (χ1v) is 5.05. The van der Waals surface area contributed by atoms with Crippen molar-refractivity contribution in [3.05, 3.63) is 39.4 Å². The zero-order chi connectivity index (χ0) is 12.1. The molecule has 1 aromatic carbocycles. The number of carbonyl (C=O) groups excluding carboxylic acids is 1. The van der Waals surface area contributed by atoms with E-state index >= 15 is 0 Å². The Balaban J connectivity index is 3.30. The van der Waals surface area contributed by atoms with Crippen LogP contribution in [0.1, 0.15) is 22.8 Å². The lowest BCUT2D eigenvalue weighted by molar-refractivity contribution is -0.385. The van der Waals surface area contributed by atoms with Crippen LogP contribution in [0, 0.1) is 10.1 Å². The van der Waals surface area contributed by atoms with Crippen LogP contribution in [0.15, 0.2) is 18.2 Å². The van der Waals surface area contributed by atoms with Crippen LogP contribution in [-0.4, -0.2) is 25.3 Å². The van der Waals surface area contributed by atoms with E-state index in [1.165, 1.54) is 6.07 Å². The van der Waals surface area contributed by atoms with Crippen molar-refractivity contribution in [2.24, 2.45) is 0 Å². The maximum Gasteiger partial charge on any atom is 0.345 e. The van der Waals surface area contributed by atoms with Crippen molar-refractivity contribution in [3.63, 3.8) is 0 Å². The lowest BCUT2D eigenvalue weighted by Gasteiger charge is -2.07. The number of carbonyl (C=O) groups is 1. The van der Waals surface area contributed by atoms with E-state index in [1.54, 1.807) is 19.1 Å². The number of benzene rings is 1. The van der Waals surface area contributed by atoms with Gasteiger partial charge in [0, 0.05) is 6.07 Å². The van der Waals surface area contributed by atoms with Crippen LogP contribution in [0.5, 0.6) is 0 Å². The first kappa shape index (κ1) is 12.2. The van der Waals surface area contributed by atoms with E-state index in [2.05, 4.69) is 0 Å². The Kier molecular flexibility index (Phi) is 4.05. The third-order valence-corrected chi connectivity index (χ3v) is 2.19. The number of hydrogen-bond acceptors (Lipinski definition) is 4. The minimum Gasteiger partial charge on any atom is -0.462 e. The molecule has 0 saturated carbocycles. The van der Waals surface area contributed by atoms with Gasteiger partial charge in [0.25, 0.3) is 5.69 Å². The second-order valence-corrected chi connectivity index (χ2v) is 3.14. The summed E-state index contributed by atoms with van der Waals surface area (Å²) in [6, 6.07) is 4.57. The molecule has 0 fully saturated rings. The molecule has 84 valence electrons. The highest BCUT2D eigenvalue weighted by molar-refractivity contribution is 6.10. The summed E-state index contributed by atoms with van der Waals surface area (Å²) in [6.45, 7) is 1.87. The first-order chi connectivity index (χ1) is 7.61. The molecule has 5 nitrogen and oxygen atoms in total. The molecule has 0 amide bonds. The molecule has 0 aliphatic heterocycles. The van der Waals surface area contributed by atoms with Crippen LogP contribution >= 0.6 is 0 Å². The summed E-state index contributed by atoms with van der Waals surface area (Å²) in [6.07, 6.45) is 0.551. The van der Waals surface area contributed by atoms with Crippen LogP contribution in [0.3, 0.4) is 0 Å². The van der Waals surface area contributed by atoms with E-state index in [1.807, 2.05) is 7.85 Å². The third-order valence-electron chi connectivity index (χ3n) is 2.19. The second kappa shape index (κ2) is 5.30. The summed E-state index contributed by atoms with van der Waals surface area (Å²) in [5.41, 5.74) is 0.502. The van der Waals surface area contributed by atoms with Gasteiger partial charge in [-0.15, -0.1) is 0 Å². The zero-order valence-electron chi connectivity index (χ0n) is 9.23. The number of esters is 1. The molecule has 0 N–H and O–H groups in total. The smallest absolute Gasteiger partial charge is 0.345 e. The number of nitrogens with zero attached hydrogens (tertiary/aromatic N) is 1. The summed E-state index contributed by atoms with van der Waals surface area (Å²) in [5, 5.41) is 10.8. The van der Waals surface area contributed by atoms with Crippen LogP contribution in [0.25, 0.3) is 0 Å². The minimum absolute atomic E-state index is 0.0665. The molecule has 0 radical (unpaired) electrons. The average molecular weight is 221 g/mol. The molecule has 0 atom stereocenters. The Bertz CT molecular complexity index is 419. The van der Waals surface area contributed by atoms with Crippen LogP contribution in [0.4, 0.5) is 5.69 Å². The highest BCUT2D eigenvalue weighted by atomic mass is 16.6. The normalized spacial score (nSPS) is 9.81. The first-order valence-electron chi connectivity index (χ1n) is 5.05. The quantitative estimate of drug-likeness (QED) is 0.328.